The van der Waals surface area contributed by atoms with Crippen LogP contribution in [-0.4, -0.2) is 29.3 Å². The number of hydrogen-bond acceptors (Lipinski definition) is 3. The molecule has 2 aromatic carbocycles. The summed E-state index contributed by atoms with van der Waals surface area (Å²) in [6, 6.07) is 13.5. The molecule has 2 aromatic rings. The van der Waals surface area contributed by atoms with Crippen molar-refractivity contribution in [3.05, 3.63) is 65.2 Å². The number of terminal acetylenes is 1. The highest BCUT2D eigenvalue weighted by Crippen LogP contribution is 2.29. The molecule has 0 aromatic heterocycles. The lowest BCUT2D eigenvalue weighted by Gasteiger charge is -2.22. The molecule has 0 bridgehead atoms. The summed E-state index contributed by atoms with van der Waals surface area (Å²) in [4.78, 5) is 38.4. The van der Waals surface area contributed by atoms with Gasteiger partial charge < -0.3 is 10.6 Å². The van der Waals surface area contributed by atoms with Crippen molar-refractivity contribution in [3.63, 3.8) is 0 Å². The molecule has 1 saturated heterocycles. The molecule has 136 valence electrons. The van der Waals surface area contributed by atoms with Crippen LogP contribution in [0.25, 0.3) is 0 Å². The maximum Gasteiger partial charge on any atom is 0.325 e. The van der Waals surface area contributed by atoms with Gasteiger partial charge in [0.25, 0.3) is 5.91 Å². The molecule has 1 atom stereocenters. The molecular weight excluding hydrogens is 342 g/mol. The summed E-state index contributed by atoms with van der Waals surface area (Å²) in [5.74, 6) is 1.53. The maximum absolute atomic E-state index is 12.8. The van der Waals surface area contributed by atoms with Crippen LogP contribution in [-0.2, 0) is 15.1 Å². The number of imide groups is 1. The normalized spacial score (nSPS) is 18.8. The van der Waals surface area contributed by atoms with Gasteiger partial charge in [0.1, 0.15) is 12.1 Å². The number of hydrogen-bond donors (Lipinski definition) is 2. The van der Waals surface area contributed by atoms with Crippen molar-refractivity contribution in [1.29, 1.82) is 0 Å². The van der Waals surface area contributed by atoms with Gasteiger partial charge >= 0.3 is 6.03 Å². The number of nitrogens with zero attached hydrogens (tertiary/aromatic N) is 1. The van der Waals surface area contributed by atoms with Crippen molar-refractivity contribution in [2.45, 2.75) is 19.4 Å². The van der Waals surface area contributed by atoms with E-state index in [2.05, 4.69) is 16.6 Å². The van der Waals surface area contributed by atoms with Crippen LogP contribution in [0.3, 0.4) is 0 Å². The van der Waals surface area contributed by atoms with Crippen LogP contribution in [0, 0.1) is 19.3 Å². The lowest BCUT2D eigenvalue weighted by Crippen LogP contribution is -2.42. The van der Waals surface area contributed by atoms with E-state index in [4.69, 9.17) is 6.42 Å². The molecule has 6 heteroatoms. The van der Waals surface area contributed by atoms with Crippen molar-refractivity contribution in [3.8, 4) is 12.3 Å². The van der Waals surface area contributed by atoms with Crippen LogP contribution in [0.2, 0.25) is 0 Å². The molecule has 6 nitrogen and oxygen atoms in total. The molecule has 27 heavy (non-hydrogen) atoms. The van der Waals surface area contributed by atoms with Crippen molar-refractivity contribution in [2.24, 2.45) is 0 Å². The zero-order chi connectivity index (χ0) is 19.6. The van der Waals surface area contributed by atoms with Gasteiger partial charge in [-0.05, 0) is 37.6 Å². The van der Waals surface area contributed by atoms with Crippen LogP contribution < -0.4 is 10.6 Å². The number of carbonyl (C=O) groups is 3. The fourth-order valence-electron chi connectivity index (χ4n) is 2.95. The van der Waals surface area contributed by atoms with Crippen molar-refractivity contribution < 1.29 is 14.4 Å². The fourth-order valence-corrected chi connectivity index (χ4v) is 2.95. The SMILES string of the molecule is C#Cc1cccc(NC(=O)CN2C(=O)NC(C)(c3ccc(C)cc3)C2=O)c1. The third-order valence-electron chi connectivity index (χ3n) is 4.52. The first-order chi connectivity index (χ1) is 12.8. The highest BCUT2D eigenvalue weighted by Gasteiger charge is 2.49. The Morgan fingerprint density at radius 3 is 2.59 bits per heavy atom. The van der Waals surface area contributed by atoms with Gasteiger partial charge in [0, 0.05) is 11.3 Å². The summed E-state index contributed by atoms with van der Waals surface area (Å²) < 4.78 is 0. The van der Waals surface area contributed by atoms with Crippen molar-refractivity contribution in [1.82, 2.24) is 10.2 Å². The van der Waals surface area contributed by atoms with E-state index in [0.717, 1.165) is 10.5 Å². The number of benzene rings is 2. The van der Waals surface area contributed by atoms with Crippen LogP contribution in [0.15, 0.2) is 48.5 Å². The predicted octanol–water partition coefficient (Wildman–Crippen LogP) is 2.38. The Bertz CT molecular complexity index is 959. The Kier molecular flexibility index (Phi) is 4.70. The first kappa shape index (κ1) is 18.2. The molecule has 1 heterocycles. The number of nitrogens with one attached hydrogen (secondary N) is 2. The average Bonchev–Trinajstić information content (AvgIpc) is 2.86. The number of urea groups is 1. The fraction of sp³-hybridized carbons (Fsp3) is 0.190. The number of aryl methyl sites for hydroxylation is 1. The van der Waals surface area contributed by atoms with Gasteiger partial charge in [0.2, 0.25) is 5.91 Å². The zero-order valence-electron chi connectivity index (χ0n) is 15.1. The predicted molar refractivity (Wildman–Crippen MR) is 102 cm³/mol. The third-order valence-corrected chi connectivity index (χ3v) is 4.52. The monoisotopic (exact) mass is 361 g/mol. The Hall–Kier alpha value is -3.59. The standard InChI is InChI=1S/C21H19N3O3/c1-4-15-6-5-7-17(12-15)22-18(25)13-24-19(26)21(3,23-20(24)27)16-10-8-14(2)9-11-16/h1,5-12H,13H2,2-3H3,(H,22,25)(H,23,27). The Labute approximate surface area is 157 Å². The number of carbonyl (C=O) groups excluding carboxylic acids is 3. The first-order valence-electron chi connectivity index (χ1n) is 8.41. The Morgan fingerprint density at radius 2 is 1.93 bits per heavy atom. The molecule has 1 aliphatic rings. The highest BCUT2D eigenvalue weighted by molar-refractivity contribution is 6.10. The van der Waals surface area contributed by atoms with Gasteiger partial charge in [-0.25, -0.2) is 4.79 Å². The summed E-state index contributed by atoms with van der Waals surface area (Å²) in [6.07, 6.45) is 5.34. The van der Waals surface area contributed by atoms with Crippen LogP contribution >= 0.6 is 0 Å². The van der Waals surface area contributed by atoms with Crippen molar-refractivity contribution in [2.75, 3.05) is 11.9 Å². The van der Waals surface area contributed by atoms with Crippen LogP contribution in [0.1, 0.15) is 23.6 Å². The molecule has 0 saturated carbocycles. The summed E-state index contributed by atoms with van der Waals surface area (Å²) in [5, 5.41) is 5.34. The summed E-state index contributed by atoms with van der Waals surface area (Å²) >= 11 is 0. The van der Waals surface area contributed by atoms with Gasteiger partial charge in [-0.1, -0.05) is 41.8 Å². The van der Waals surface area contributed by atoms with E-state index in [1.807, 2.05) is 19.1 Å². The first-order valence-corrected chi connectivity index (χ1v) is 8.41. The molecule has 1 fully saturated rings. The molecule has 1 aliphatic heterocycles. The lowest BCUT2D eigenvalue weighted by atomic mass is 9.91. The molecule has 4 amide bonds. The minimum Gasteiger partial charge on any atom is -0.324 e. The zero-order valence-corrected chi connectivity index (χ0v) is 15.1. The van der Waals surface area contributed by atoms with E-state index in [-0.39, 0.29) is 6.54 Å². The molecule has 0 radical (unpaired) electrons. The summed E-state index contributed by atoms with van der Waals surface area (Å²) in [7, 11) is 0. The van der Waals surface area contributed by atoms with Gasteiger partial charge in [-0.3, -0.25) is 14.5 Å². The molecule has 2 N–H and O–H groups in total. The Balaban J connectivity index is 1.74. The van der Waals surface area contributed by atoms with E-state index >= 15 is 0 Å². The van der Waals surface area contributed by atoms with Gasteiger partial charge in [0.05, 0.1) is 0 Å². The molecule has 3 rings (SSSR count). The number of rotatable bonds is 4. The third kappa shape index (κ3) is 3.53. The average molecular weight is 361 g/mol. The van der Waals surface area contributed by atoms with Gasteiger partial charge in [-0.15, -0.1) is 6.42 Å². The van der Waals surface area contributed by atoms with E-state index in [1.165, 1.54) is 0 Å². The van der Waals surface area contributed by atoms with E-state index in [9.17, 15) is 14.4 Å². The minimum absolute atomic E-state index is 0.383. The van der Waals surface area contributed by atoms with E-state index < -0.39 is 23.4 Å². The molecule has 1 unspecified atom stereocenters. The minimum atomic E-state index is -1.20. The van der Waals surface area contributed by atoms with Crippen LogP contribution in [0.5, 0.6) is 0 Å². The number of amides is 4. The second kappa shape index (κ2) is 6.96. The van der Waals surface area contributed by atoms with Crippen molar-refractivity contribution >= 4 is 23.5 Å². The molecular formula is C21H19N3O3. The van der Waals surface area contributed by atoms with Crippen LogP contribution in [0.4, 0.5) is 10.5 Å². The second-order valence-electron chi connectivity index (χ2n) is 6.59. The number of anilines is 1. The lowest BCUT2D eigenvalue weighted by molar-refractivity contribution is -0.133. The maximum atomic E-state index is 12.8. The Morgan fingerprint density at radius 1 is 1.22 bits per heavy atom. The van der Waals surface area contributed by atoms with E-state index in [0.29, 0.717) is 16.8 Å². The summed E-state index contributed by atoms with van der Waals surface area (Å²) in [5.41, 5.74) is 1.63. The molecule has 0 spiro atoms. The van der Waals surface area contributed by atoms with E-state index in [1.54, 1.807) is 43.3 Å². The second-order valence-corrected chi connectivity index (χ2v) is 6.59. The van der Waals surface area contributed by atoms with Gasteiger partial charge in [0.15, 0.2) is 0 Å². The smallest absolute Gasteiger partial charge is 0.324 e. The largest absolute Gasteiger partial charge is 0.325 e. The molecule has 0 aliphatic carbocycles. The quantitative estimate of drug-likeness (QED) is 0.648. The topological polar surface area (TPSA) is 78.5 Å². The summed E-state index contributed by atoms with van der Waals surface area (Å²) in [6.45, 7) is 3.19. The highest BCUT2D eigenvalue weighted by atomic mass is 16.2. The van der Waals surface area contributed by atoms with Gasteiger partial charge in [-0.2, -0.15) is 0 Å².